The summed E-state index contributed by atoms with van der Waals surface area (Å²) in [6, 6.07) is 27.7. The van der Waals surface area contributed by atoms with Gasteiger partial charge in [0, 0.05) is 12.1 Å². The summed E-state index contributed by atoms with van der Waals surface area (Å²) in [5, 5.41) is 12.5. The molecule has 0 radical (unpaired) electrons. The summed E-state index contributed by atoms with van der Waals surface area (Å²) >= 11 is 1.39. The third-order valence-electron chi connectivity index (χ3n) is 4.89. The molecule has 0 bridgehead atoms. The van der Waals surface area contributed by atoms with E-state index in [2.05, 4.69) is 44.3 Å². The van der Waals surface area contributed by atoms with E-state index < -0.39 is 0 Å². The van der Waals surface area contributed by atoms with Crippen LogP contribution in [0.25, 0.3) is 0 Å². The molecule has 4 rings (SSSR count). The standard InChI is InChI=1S/C25H24N4O2S/c1-31-22-14-12-21(13-15-22)26-24(30)18-32-25-28-27-23(16-19-8-4-2-5-9-19)29(25)17-20-10-6-3-7-11-20/h2-15H,16-18H2,1H3,(H,26,30). The Kier molecular flexibility index (Phi) is 7.19. The van der Waals surface area contributed by atoms with Gasteiger partial charge in [0.15, 0.2) is 5.16 Å². The Morgan fingerprint density at radius 2 is 1.56 bits per heavy atom. The minimum atomic E-state index is -0.0981. The zero-order valence-corrected chi connectivity index (χ0v) is 18.6. The smallest absolute Gasteiger partial charge is 0.234 e. The average Bonchev–Trinajstić information content (AvgIpc) is 3.20. The van der Waals surface area contributed by atoms with Crippen LogP contribution >= 0.6 is 11.8 Å². The molecule has 6 nitrogen and oxygen atoms in total. The van der Waals surface area contributed by atoms with E-state index >= 15 is 0 Å². The number of ether oxygens (including phenoxy) is 1. The first-order valence-electron chi connectivity index (χ1n) is 10.3. The third-order valence-corrected chi connectivity index (χ3v) is 5.85. The number of hydrogen-bond acceptors (Lipinski definition) is 5. The van der Waals surface area contributed by atoms with Crippen LogP contribution in [-0.2, 0) is 17.8 Å². The van der Waals surface area contributed by atoms with Crippen molar-refractivity contribution >= 4 is 23.4 Å². The Morgan fingerprint density at radius 1 is 0.906 bits per heavy atom. The topological polar surface area (TPSA) is 69.0 Å². The molecule has 0 fully saturated rings. The average molecular weight is 445 g/mol. The maximum Gasteiger partial charge on any atom is 0.234 e. The number of anilines is 1. The van der Waals surface area contributed by atoms with Crippen molar-refractivity contribution in [2.45, 2.75) is 18.1 Å². The largest absolute Gasteiger partial charge is 0.497 e. The van der Waals surface area contributed by atoms with Gasteiger partial charge in [0.05, 0.1) is 19.4 Å². The van der Waals surface area contributed by atoms with Gasteiger partial charge >= 0.3 is 0 Å². The van der Waals surface area contributed by atoms with Crippen molar-refractivity contribution in [1.82, 2.24) is 14.8 Å². The maximum atomic E-state index is 12.5. The fourth-order valence-corrected chi connectivity index (χ4v) is 4.02. The van der Waals surface area contributed by atoms with Gasteiger partial charge in [0.25, 0.3) is 0 Å². The number of rotatable bonds is 9. The molecular weight excluding hydrogens is 420 g/mol. The molecule has 1 amide bonds. The summed E-state index contributed by atoms with van der Waals surface area (Å²) in [6.45, 7) is 0.651. The molecule has 3 aromatic carbocycles. The molecule has 0 saturated heterocycles. The van der Waals surface area contributed by atoms with Crippen LogP contribution in [0, 0.1) is 0 Å². The lowest BCUT2D eigenvalue weighted by molar-refractivity contribution is -0.113. The molecule has 4 aromatic rings. The second-order valence-corrected chi connectivity index (χ2v) is 8.14. The van der Waals surface area contributed by atoms with E-state index in [-0.39, 0.29) is 11.7 Å². The van der Waals surface area contributed by atoms with E-state index in [0.29, 0.717) is 13.0 Å². The van der Waals surface area contributed by atoms with Crippen molar-refractivity contribution in [2.24, 2.45) is 0 Å². The van der Waals surface area contributed by atoms with Gasteiger partial charge in [-0.2, -0.15) is 0 Å². The summed E-state index contributed by atoms with van der Waals surface area (Å²) in [7, 11) is 1.61. The molecule has 0 aliphatic carbocycles. The summed E-state index contributed by atoms with van der Waals surface area (Å²) < 4.78 is 7.24. The highest BCUT2D eigenvalue weighted by molar-refractivity contribution is 7.99. The summed E-state index contributed by atoms with van der Waals surface area (Å²) in [4.78, 5) is 12.5. The van der Waals surface area contributed by atoms with Crippen LogP contribution in [0.5, 0.6) is 5.75 Å². The lowest BCUT2D eigenvalue weighted by Gasteiger charge is -2.11. The minimum absolute atomic E-state index is 0.0981. The number of benzene rings is 3. The van der Waals surface area contributed by atoms with Crippen molar-refractivity contribution in [3.8, 4) is 5.75 Å². The summed E-state index contributed by atoms with van der Waals surface area (Å²) in [5.41, 5.74) is 3.06. The lowest BCUT2D eigenvalue weighted by Crippen LogP contribution is -2.15. The second kappa shape index (κ2) is 10.6. The number of nitrogens with zero attached hydrogens (tertiary/aromatic N) is 3. The van der Waals surface area contributed by atoms with E-state index in [0.717, 1.165) is 28.0 Å². The van der Waals surface area contributed by atoms with Gasteiger partial charge in [-0.25, -0.2) is 0 Å². The van der Waals surface area contributed by atoms with Crippen molar-refractivity contribution in [3.63, 3.8) is 0 Å². The molecule has 0 aliphatic rings. The van der Waals surface area contributed by atoms with E-state index in [9.17, 15) is 4.79 Å². The Labute approximate surface area is 191 Å². The van der Waals surface area contributed by atoms with Gasteiger partial charge in [-0.3, -0.25) is 4.79 Å². The number of aromatic nitrogens is 3. The monoisotopic (exact) mass is 444 g/mol. The van der Waals surface area contributed by atoms with E-state index in [1.165, 1.54) is 17.3 Å². The minimum Gasteiger partial charge on any atom is -0.497 e. The molecule has 0 aliphatic heterocycles. The number of methoxy groups -OCH3 is 1. The first-order valence-corrected chi connectivity index (χ1v) is 11.3. The van der Waals surface area contributed by atoms with Crippen LogP contribution in [-0.4, -0.2) is 33.5 Å². The highest BCUT2D eigenvalue weighted by Gasteiger charge is 2.15. The molecule has 0 unspecified atom stereocenters. The second-order valence-electron chi connectivity index (χ2n) is 7.20. The lowest BCUT2D eigenvalue weighted by atomic mass is 10.1. The maximum absolute atomic E-state index is 12.5. The fraction of sp³-hybridized carbons (Fsp3) is 0.160. The van der Waals surface area contributed by atoms with Gasteiger partial charge in [-0.1, -0.05) is 72.4 Å². The molecular formula is C25H24N4O2S. The van der Waals surface area contributed by atoms with Gasteiger partial charge in [-0.15, -0.1) is 10.2 Å². The van der Waals surface area contributed by atoms with Gasteiger partial charge in [0.2, 0.25) is 5.91 Å². The molecule has 32 heavy (non-hydrogen) atoms. The van der Waals surface area contributed by atoms with Gasteiger partial charge < -0.3 is 14.6 Å². The van der Waals surface area contributed by atoms with Crippen molar-refractivity contribution in [2.75, 3.05) is 18.2 Å². The van der Waals surface area contributed by atoms with E-state index in [1.54, 1.807) is 7.11 Å². The summed E-state index contributed by atoms with van der Waals surface area (Å²) in [6.07, 6.45) is 0.680. The molecule has 0 spiro atoms. The predicted octanol–water partition coefficient (Wildman–Crippen LogP) is 4.66. The highest BCUT2D eigenvalue weighted by atomic mass is 32.2. The number of hydrogen-bond donors (Lipinski definition) is 1. The number of carbonyl (C=O) groups is 1. The number of carbonyl (C=O) groups excluding carboxylic acids is 1. The van der Waals surface area contributed by atoms with Crippen LogP contribution in [0.4, 0.5) is 5.69 Å². The third kappa shape index (κ3) is 5.76. The highest BCUT2D eigenvalue weighted by Crippen LogP contribution is 2.21. The number of nitrogens with one attached hydrogen (secondary N) is 1. The Balaban J connectivity index is 1.47. The summed E-state index contributed by atoms with van der Waals surface area (Å²) in [5.74, 6) is 1.76. The van der Waals surface area contributed by atoms with Crippen LogP contribution in [0.1, 0.15) is 17.0 Å². The first kappa shape index (κ1) is 21.6. The van der Waals surface area contributed by atoms with Crippen molar-refractivity contribution in [1.29, 1.82) is 0 Å². The van der Waals surface area contributed by atoms with Gasteiger partial charge in [-0.05, 0) is 35.4 Å². The Morgan fingerprint density at radius 3 is 2.22 bits per heavy atom. The van der Waals surface area contributed by atoms with Crippen LogP contribution in [0.15, 0.2) is 90.1 Å². The Hall–Kier alpha value is -3.58. The first-order chi connectivity index (χ1) is 15.7. The number of thioether (sulfide) groups is 1. The van der Waals surface area contributed by atoms with E-state index in [4.69, 9.17) is 4.74 Å². The normalized spacial score (nSPS) is 10.7. The number of amides is 1. The zero-order valence-electron chi connectivity index (χ0n) is 17.8. The SMILES string of the molecule is COc1ccc(NC(=O)CSc2nnc(Cc3ccccc3)n2Cc2ccccc2)cc1. The van der Waals surface area contributed by atoms with Gasteiger partial charge in [0.1, 0.15) is 11.6 Å². The molecule has 7 heteroatoms. The quantitative estimate of drug-likeness (QED) is 0.381. The predicted molar refractivity (Wildman–Crippen MR) is 127 cm³/mol. The molecule has 1 N–H and O–H groups in total. The molecule has 162 valence electrons. The van der Waals surface area contributed by atoms with Crippen LogP contribution in [0.2, 0.25) is 0 Å². The van der Waals surface area contributed by atoms with Crippen molar-refractivity contribution in [3.05, 3.63) is 102 Å². The van der Waals surface area contributed by atoms with E-state index in [1.807, 2.05) is 60.7 Å². The fourth-order valence-electron chi connectivity index (χ4n) is 3.26. The molecule has 0 atom stereocenters. The molecule has 0 saturated carbocycles. The molecule has 1 heterocycles. The zero-order chi connectivity index (χ0) is 22.2. The van der Waals surface area contributed by atoms with Crippen molar-refractivity contribution < 1.29 is 9.53 Å². The van der Waals surface area contributed by atoms with Crippen LogP contribution < -0.4 is 10.1 Å². The molecule has 1 aromatic heterocycles. The van der Waals surface area contributed by atoms with Crippen LogP contribution in [0.3, 0.4) is 0 Å². The Bertz CT molecular complexity index is 1150.